The number of amides is 1. The van der Waals surface area contributed by atoms with Gasteiger partial charge in [-0.15, -0.1) is 0 Å². The van der Waals surface area contributed by atoms with Crippen LogP contribution in [0.4, 0.5) is 0 Å². The molecule has 4 nitrogen and oxygen atoms in total. The van der Waals surface area contributed by atoms with E-state index in [-0.39, 0.29) is 0 Å². The number of carbonyl (C=O) groups excluding carboxylic acids is 1. The molecular formula is C20H30N2O2. The molecule has 0 bridgehead atoms. The maximum Gasteiger partial charge on any atom is 0.223 e. The Hall–Kier alpha value is -1.55. The van der Waals surface area contributed by atoms with Crippen LogP contribution in [-0.2, 0) is 11.2 Å². The molecule has 2 aliphatic rings. The van der Waals surface area contributed by atoms with Gasteiger partial charge >= 0.3 is 0 Å². The standard InChI is InChI=1S/C20H30N2O2/c1-24-19-10-4-3-8-17(19)16-18-9-7-14-21(18)15-11-20(23)22-12-5-2-6-13-22/h3-4,8,10,18H,2,5-7,9,11-16H2,1H3. The second-order valence-corrected chi connectivity index (χ2v) is 7.04. The van der Waals surface area contributed by atoms with Crippen LogP contribution in [-0.4, -0.2) is 55.0 Å². The van der Waals surface area contributed by atoms with Gasteiger partial charge < -0.3 is 9.64 Å². The number of likely N-dealkylation sites (tertiary alicyclic amines) is 2. The third-order valence-corrected chi connectivity index (χ3v) is 5.47. The molecule has 4 heteroatoms. The summed E-state index contributed by atoms with van der Waals surface area (Å²) in [4.78, 5) is 17.0. The van der Waals surface area contributed by atoms with Gasteiger partial charge in [-0.2, -0.15) is 0 Å². The van der Waals surface area contributed by atoms with E-state index in [1.807, 2.05) is 12.1 Å². The molecule has 132 valence electrons. The van der Waals surface area contributed by atoms with Crippen LogP contribution in [0, 0.1) is 0 Å². The van der Waals surface area contributed by atoms with Gasteiger partial charge in [0.05, 0.1) is 7.11 Å². The maximum absolute atomic E-state index is 12.4. The monoisotopic (exact) mass is 330 g/mol. The molecule has 2 aliphatic heterocycles. The van der Waals surface area contributed by atoms with Gasteiger partial charge in [0.2, 0.25) is 5.91 Å². The van der Waals surface area contributed by atoms with Gasteiger partial charge in [0.15, 0.2) is 0 Å². The molecule has 0 aliphatic carbocycles. The lowest BCUT2D eigenvalue weighted by molar-refractivity contribution is -0.132. The van der Waals surface area contributed by atoms with E-state index in [0.29, 0.717) is 18.4 Å². The minimum Gasteiger partial charge on any atom is -0.496 e. The van der Waals surface area contributed by atoms with Crippen LogP contribution in [0.2, 0.25) is 0 Å². The van der Waals surface area contributed by atoms with Crippen LogP contribution in [0.5, 0.6) is 5.75 Å². The number of hydrogen-bond donors (Lipinski definition) is 0. The lowest BCUT2D eigenvalue weighted by Crippen LogP contribution is -2.39. The molecule has 0 saturated carbocycles. The molecule has 0 aromatic heterocycles. The van der Waals surface area contributed by atoms with Crippen LogP contribution in [0.25, 0.3) is 0 Å². The maximum atomic E-state index is 12.4. The first-order chi connectivity index (χ1) is 11.8. The summed E-state index contributed by atoms with van der Waals surface area (Å²) in [6.45, 7) is 3.94. The van der Waals surface area contributed by atoms with Crippen molar-refractivity contribution in [2.24, 2.45) is 0 Å². The number of benzene rings is 1. The van der Waals surface area contributed by atoms with E-state index in [4.69, 9.17) is 4.74 Å². The van der Waals surface area contributed by atoms with Gasteiger partial charge in [-0.3, -0.25) is 9.69 Å². The molecule has 2 heterocycles. The predicted molar refractivity (Wildman–Crippen MR) is 96.3 cm³/mol. The Morgan fingerprint density at radius 2 is 1.92 bits per heavy atom. The van der Waals surface area contributed by atoms with E-state index in [1.165, 1.54) is 37.7 Å². The smallest absolute Gasteiger partial charge is 0.223 e. The zero-order valence-corrected chi connectivity index (χ0v) is 14.9. The normalized spacial score (nSPS) is 21.9. The van der Waals surface area contributed by atoms with Gasteiger partial charge in [0.25, 0.3) is 0 Å². The summed E-state index contributed by atoms with van der Waals surface area (Å²) >= 11 is 0. The molecule has 1 unspecified atom stereocenters. The predicted octanol–water partition coefficient (Wildman–Crippen LogP) is 3.10. The minimum absolute atomic E-state index is 0.345. The zero-order chi connectivity index (χ0) is 16.8. The number of carbonyl (C=O) groups is 1. The highest BCUT2D eigenvalue weighted by Crippen LogP contribution is 2.26. The van der Waals surface area contributed by atoms with Gasteiger partial charge in [-0.25, -0.2) is 0 Å². The van der Waals surface area contributed by atoms with Crippen LogP contribution in [0.1, 0.15) is 44.1 Å². The lowest BCUT2D eigenvalue weighted by atomic mass is 10.0. The number of methoxy groups -OCH3 is 1. The summed E-state index contributed by atoms with van der Waals surface area (Å²) in [5.41, 5.74) is 1.28. The second kappa shape index (κ2) is 8.52. The van der Waals surface area contributed by atoms with Crippen molar-refractivity contribution in [1.29, 1.82) is 0 Å². The van der Waals surface area contributed by atoms with Crippen molar-refractivity contribution in [3.63, 3.8) is 0 Å². The highest BCUT2D eigenvalue weighted by molar-refractivity contribution is 5.76. The third-order valence-electron chi connectivity index (χ3n) is 5.47. The molecule has 1 atom stereocenters. The average molecular weight is 330 g/mol. The number of piperidine rings is 1. The summed E-state index contributed by atoms with van der Waals surface area (Å²) in [6.07, 6.45) is 7.76. The molecule has 24 heavy (non-hydrogen) atoms. The fourth-order valence-electron chi connectivity index (χ4n) is 4.09. The molecule has 2 fully saturated rings. The van der Waals surface area contributed by atoms with E-state index in [0.717, 1.165) is 38.3 Å². The second-order valence-electron chi connectivity index (χ2n) is 7.04. The Balaban J connectivity index is 1.52. The first-order valence-electron chi connectivity index (χ1n) is 9.41. The highest BCUT2D eigenvalue weighted by Gasteiger charge is 2.26. The Kier molecular flexibility index (Phi) is 6.13. The minimum atomic E-state index is 0.345. The van der Waals surface area contributed by atoms with Crippen molar-refractivity contribution in [2.45, 2.75) is 51.0 Å². The van der Waals surface area contributed by atoms with Gasteiger partial charge in [0.1, 0.15) is 5.75 Å². The highest BCUT2D eigenvalue weighted by atomic mass is 16.5. The third kappa shape index (κ3) is 4.29. The van der Waals surface area contributed by atoms with Crippen molar-refractivity contribution in [3.8, 4) is 5.75 Å². The van der Waals surface area contributed by atoms with Gasteiger partial charge in [-0.1, -0.05) is 18.2 Å². The van der Waals surface area contributed by atoms with E-state index in [2.05, 4.69) is 21.9 Å². The van der Waals surface area contributed by atoms with Crippen LogP contribution < -0.4 is 4.74 Å². The number of hydrogen-bond acceptors (Lipinski definition) is 3. The SMILES string of the molecule is COc1ccccc1CC1CCCN1CCC(=O)N1CCCCC1. The largest absolute Gasteiger partial charge is 0.496 e. The van der Waals surface area contributed by atoms with Crippen molar-refractivity contribution in [2.75, 3.05) is 33.3 Å². The van der Waals surface area contributed by atoms with E-state index in [1.54, 1.807) is 7.11 Å². The van der Waals surface area contributed by atoms with Crippen LogP contribution in [0.3, 0.4) is 0 Å². The molecule has 0 radical (unpaired) electrons. The fourth-order valence-corrected chi connectivity index (χ4v) is 4.09. The molecule has 0 spiro atoms. The van der Waals surface area contributed by atoms with Crippen LogP contribution in [0.15, 0.2) is 24.3 Å². The van der Waals surface area contributed by atoms with E-state index >= 15 is 0 Å². The Bertz CT molecular complexity index is 540. The first-order valence-corrected chi connectivity index (χ1v) is 9.41. The van der Waals surface area contributed by atoms with Crippen molar-refractivity contribution in [3.05, 3.63) is 29.8 Å². The Morgan fingerprint density at radius 1 is 1.12 bits per heavy atom. The van der Waals surface area contributed by atoms with E-state index < -0.39 is 0 Å². The number of rotatable bonds is 6. The quantitative estimate of drug-likeness (QED) is 0.803. The summed E-state index contributed by atoms with van der Waals surface area (Å²) < 4.78 is 5.49. The molecule has 1 aromatic carbocycles. The number of para-hydroxylation sites is 1. The zero-order valence-electron chi connectivity index (χ0n) is 14.9. The van der Waals surface area contributed by atoms with Gasteiger partial charge in [-0.05, 0) is 56.7 Å². The fraction of sp³-hybridized carbons (Fsp3) is 0.650. The average Bonchev–Trinajstić information content (AvgIpc) is 3.08. The first kappa shape index (κ1) is 17.3. The Labute approximate surface area is 145 Å². The van der Waals surface area contributed by atoms with Gasteiger partial charge in [0, 0.05) is 32.1 Å². The summed E-state index contributed by atoms with van der Waals surface area (Å²) in [5, 5.41) is 0. The summed E-state index contributed by atoms with van der Waals surface area (Å²) in [7, 11) is 1.74. The molecular weight excluding hydrogens is 300 g/mol. The van der Waals surface area contributed by atoms with Crippen LogP contribution >= 0.6 is 0 Å². The number of ether oxygens (including phenoxy) is 1. The molecule has 1 amide bonds. The Morgan fingerprint density at radius 3 is 2.71 bits per heavy atom. The molecule has 1 aromatic rings. The summed E-state index contributed by atoms with van der Waals surface area (Å²) in [5.74, 6) is 1.33. The van der Waals surface area contributed by atoms with E-state index in [9.17, 15) is 4.79 Å². The topological polar surface area (TPSA) is 32.8 Å². The molecule has 2 saturated heterocycles. The van der Waals surface area contributed by atoms with Crippen molar-refractivity contribution in [1.82, 2.24) is 9.80 Å². The van der Waals surface area contributed by atoms with Crippen molar-refractivity contribution < 1.29 is 9.53 Å². The summed E-state index contributed by atoms with van der Waals surface area (Å²) in [6, 6.07) is 8.83. The number of nitrogens with zero attached hydrogens (tertiary/aromatic N) is 2. The molecule has 0 N–H and O–H groups in total. The molecule has 3 rings (SSSR count). The van der Waals surface area contributed by atoms with Crippen molar-refractivity contribution >= 4 is 5.91 Å². The lowest BCUT2D eigenvalue weighted by Gasteiger charge is -2.29.